The molecule has 0 radical (unpaired) electrons. The van der Waals surface area contributed by atoms with Crippen LogP contribution in [0.2, 0.25) is 0 Å². The van der Waals surface area contributed by atoms with Gasteiger partial charge in [-0.2, -0.15) is 0 Å². The van der Waals surface area contributed by atoms with Gasteiger partial charge in [0.25, 0.3) is 5.91 Å². The predicted molar refractivity (Wildman–Crippen MR) is 109 cm³/mol. The highest BCUT2D eigenvalue weighted by Crippen LogP contribution is 2.35. The highest BCUT2D eigenvalue weighted by molar-refractivity contribution is 7.93. The number of nitrogens with zero attached hydrogens (tertiary/aromatic N) is 1. The number of pyridine rings is 1. The van der Waals surface area contributed by atoms with Gasteiger partial charge >= 0.3 is 0 Å². The van der Waals surface area contributed by atoms with Crippen LogP contribution in [-0.2, 0) is 32.4 Å². The maximum absolute atomic E-state index is 13.2. The molecule has 9 heteroatoms. The number of amides is 1. The van der Waals surface area contributed by atoms with Crippen molar-refractivity contribution in [3.63, 3.8) is 0 Å². The fourth-order valence-corrected chi connectivity index (χ4v) is 5.41. The molecule has 0 aliphatic carbocycles. The minimum Gasteiger partial charge on any atom is -0.489 e. The molecule has 1 aromatic carbocycles. The van der Waals surface area contributed by atoms with Crippen LogP contribution < -0.4 is 10.2 Å². The predicted octanol–water partition coefficient (Wildman–Crippen LogP) is 2.44. The van der Waals surface area contributed by atoms with E-state index in [1.165, 1.54) is 17.6 Å². The number of aromatic nitrogens is 1. The Labute approximate surface area is 176 Å². The quantitative estimate of drug-likeness (QED) is 0.484. The molecule has 30 heavy (non-hydrogen) atoms. The van der Waals surface area contributed by atoms with Crippen LogP contribution >= 0.6 is 0 Å². The SMILES string of the molecule is CCCc1ccc(COc2ccc(S(=O)(=O)C3(C(=O)NO)CCOCC3)cc2)cn1. The Morgan fingerprint density at radius 1 is 1.20 bits per heavy atom. The van der Waals surface area contributed by atoms with Gasteiger partial charge in [0, 0.05) is 30.7 Å². The van der Waals surface area contributed by atoms with Gasteiger partial charge < -0.3 is 9.47 Å². The van der Waals surface area contributed by atoms with Gasteiger partial charge in [0.1, 0.15) is 12.4 Å². The third-order valence-corrected chi connectivity index (χ3v) is 7.78. The van der Waals surface area contributed by atoms with E-state index in [-0.39, 0.29) is 31.0 Å². The van der Waals surface area contributed by atoms with E-state index in [1.807, 2.05) is 12.1 Å². The molecule has 1 aromatic heterocycles. The normalized spacial score (nSPS) is 16.1. The van der Waals surface area contributed by atoms with Crippen LogP contribution in [0.1, 0.15) is 37.4 Å². The number of hydroxylamine groups is 1. The van der Waals surface area contributed by atoms with Crippen LogP contribution in [0.5, 0.6) is 5.75 Å². The summed E-state index contributed by atoms with van der Waals surface area (Å²) in [6, 6.07) is 9.85. The zero-order valence-corrected chi connectivity index (χ0v) is 17.7. The second-order valence-corrected chi connectivity index (χ2v) is 9.48. The lowest BCUT2D eigenvalue weighted by Gasteiger charge is -2.34. The lowest BCUT2D eigenvalue weighted by molar-refractivity contribution is -0.134. The second-order valence-electron chi connectivity index (χ2n) is 7.22. The van der Waals surface area contributed by atoms with Crippen LogP contribution in [0.4, 0.5) is 0 Å². The van der Waals surface area contributed by atoms with E-state index in [0.717, 1.165) is 24.1 Å². The molecular formula is C21H26N2O6S. The molecule has 1 fully saturated rings. The average Bonchev–Trinajstić information content (AvgIpc) is 2.79. The number of sulfone groups is 1. The van der Waals surface area contributed by atoms with Gasteiger partial charge in [-0.15, -0.1) is 0 Å². The summed E-state index contributed by atoms with van der Waals surface area (Å²) in [7, 11) is -4.05. The van der Waals surface area contributed by atoms with Gasteiger partial charge in [-0.25, -0.2) is 13.9 Å². The van der Waals surface area contributed by atoms with Crippen molar-refractivity contribution in [3.05, 3.63) is 53.9 Å². The Balaban J connectivity index is 1.73. The van der Waals surface area contributed by atoms with E-state index in [9.17, 15) is 13.2 Å². The Bertz CT molecular complexity index is 952. The van der Waals surface area contributed by atoms with E-state index >= 15 is 0 Å². The highest BCUT2D eigenvalue weighted by atomic mass is 32.2. The molecule has 162 valence electrons. The van der Waals surface area contributed by atoms with Crippen molar-refractivity contribution in [1.82, 2.24) is 10.5 Å². The van der Waals surface area contributed by atoms with Crippen LogP contribution in [0.3, 0.4) is 0 Å². The molecule has 0 spiro atoms. The van der Waals surface area contributed by atoms with Gasteiger partial charge in [0.15, 0.2) is 14.6 Å². The highest BCUT2D eigenvalue weighted by Gasteiger charge is 2.52. The lowest BCUT2D eigenvalue weighted by Crippen LogP contribution is -2.54. The molecule has 1 aliphatic heterocycles. The van der Waals surface area contributed by atoms with Gasteiger partial charge in [-0.1, -0.05) is 19.4 Å². The molecule has 1 saturated heterocycles. The number of ether oxygens (including phenoxy) is 2. The molecule has 0 bridgehead atoms. The van der Waals surface area contributed by atoms with Crippen molar-refractivity contribution in [2.45, 2.75) is 48.9 Å². The summed E-state index contributed by atoms with van der Waals surface area (Å²) >= 11 is 0. The van der Waals surface area contributed by atoms with Gasteiger partial charge in [-0.05, 0) is 49.6 Å². The summed E-state index contributed by atoms with van der Waals surface area (Å²) < 4.78 is 35.6. The van der Waals surface area contributed by atoms with E-state index in [0.29, 0.717) is 12.4 Å². The van der Waals surface area contributed by atoms with Crippen molar-refractivity contribution >= 4 is 15.7 Å². The molecule has 0 unspecified atom stereocenters. The lowest BCUT2D eigenvalue weighted by atomic mass is 9.98. The summed E-state index contributed by atoms with van der Waals surface area (Å²) in [5, 5.41) is 9.10. The minimum absolute atomic E-state index is 0.00839. The molecule has 2 aromatic rings. The number of carbonyl (C=O) groups is 1. The molecule has 2 N–H and O–H groups in total. The largest absolute Gasteiger partial charge is 0.489 e. The van der Waals surface area contributed by atoms with E-state index < -0.39 is 20.5 Å². The zero-order chi connectivity index (χ0) is 21.6. The standard InChI is InChI=1S/C21H26N2O6S/c1-2-3-17-5-4-16(14-22-17)15-29-18-6-8-19(9-7-18)30(26,27)21(20(24)23-25)10-12-28-13-11-21/h4-9,14,25H,2-3,10-13,15H2,1H3,(H,23,24). The summed E-state index contributed by atoms with van der Waals surface area (Å²) in [5.74, 6) is -0.440. The average molecular weight is 435 g/mol. The number of carbonyl (C=O) groups excluding carboxylic acids is 1. The second kappa shape index (κ2) is 9.55. The molecule has 1 amide bonds. The van der Waals surface area contributed by atoms with Gasteiger partial charge in [-0.3, -0.25) is 15.0 Å². The number of rotatable bonds is 8. The van der Waals surface area contributed by atoms with E-state index in [2.05, 4.69) is 11.9 Å². The first-order valence-corrected chi connectivity index (χ1v) is 11.3. The number of aryl methyl sites for hydroxylation is 1. The van der Waals surface area contributed by atoms with E-state index in [4.69, 9.17) is 14.7 Å². The minimum atomic E-state index is -4.05. The van der Waals surface area contributed by atoms with Crippen molar-refractivity contribution in [3.8, 4) is 5.75 Å². The number of benzene rings is 1. The zero-order valence-electron chi connectivity index (χ0n) is 16.8. The van der Waals surface area contributed by atoms with Gasteiger partial charge in [0.05, 0.1) is 4.90 Å². The Morgan fingerprint density at radius 2 is 1.90 bits per heavy atom. The molecule has 1 aliphatic rings. The maximum atomic E-state index is 13.2. The number of hydrogen-bond donors (Lipinski definition) is 2. The number of nitrogens with one attached hydrogen (secondary N) is 1. The molecular weight excluding hydrogens is 408 g/mol. The fourth-order valence-electron chi connectivity index (χ4n) is 3.47. The smallest absolute Gasteiger partial charge is 0.265 e. The first kappa shape index (κ1) is 22.2. The van der Waals surface area contributed by atoms with Crippen LogP contribution in [0.15, 0.2) is 47.5 Å². The fraction of sp³-hybridized carbons (Fsp3) is 0.429. The summed E-state index contributed by atoms with van der Waals surface area (Å²) in [4.78, 5) is 16.6. The summed E-state index contributed by atoms with van der Waals surface area (Å²) in [6.07, 6.45) is 3.68. The van der Waals surface area contributed by atoms with Crippen LogP contribution in [0, 0.1) is 0 Å². The van der Waals surface area contributed by atoms with Crippen LogP contribution in [-0.4, -0.2) is 42.5 Å². The number of hydrogen-bond acceptors (Lipinski definition) is 7. The topological polar surface area (TPSA) is 115 Å². The van der Waals surface area contributed by atoms with Crippen LogP contribution in [0.25, 0.3) is 0 Å². The van der Waals surface area contributed by atoms with E-state index in [1.54, 1.807) is 18.3 Å². The van der Waals surface area contributed by atoms with Crippen molar-refractivity contribution in [2.75, 3.05) is 13.2 Å². The Hall–Kier alpha value is -2.49. The Kier molecular flexibility index (Phi) is 7.06. The van der Waals surface area contributed by atoms with Crippen molar-refractivity contribution < 1.29 is 27.9 Å². The molecule has 0 atom stereocenters. The maximum Gasteiger partial charge on any atom is 0.265 e. The molecule has 2 heterocycles. The Morgan fingerprint density at radius 3 is 2.47 bits per heavy atom. The van der Waals surface area contributed by atoms with Crippen molar-refractivity contribution in [1.29, 1.82) is 0 Å². The third-order valence-electron chi connectivity index (χ3n) is 5.26. The first-order chi connectivity index (χ1) is 14.4. The summed E-state index contributed by atoms with van der Waals surface area (Å²) in [5.41, 5.74) is 3.45. The summed E-state index contributed by atoms with van der Waals surface area (Å²) in [6.45, 7) is 2.65. The first-order valence-electron chi connectivity index (χ1n) is 9.86. The third kappa shape index (κ3) is 4.48. The van der Waals surface area contributed by atoms with Gasteiger partial charge in [0.2, 0.25) is 0 Å². The monoisotopic (exact) mass is 434 g/mol. The van der Waals surface area contributed by atoms with Crippen molar-refractivity contribution in [2.24, 2.45) is 0 Å². The molecule has 3 rings (SSSR count). The molecule has 0 saturated carbocycles. The molecule has 8 nitrogen and oxygen atoms in total.